The Morgan fingerprint density at radius 1 is 1.16 bits per heavy atom. The normalized spacial score (nSPS) is 17.1. The van der Waals surface area contributed by atoms with Crippen LogP contribution in [0.2, 0.25) is 0 Å². The number of fused-ring (bicyclic) bond motifs is 2. The average molecular weight is 431 g/mol. The molecule has 0 spiro atoms. The maximum absolute atomic E-state index is 13.5. The molecule has 1 aliphatic heterocycles. The highest BCUT2D eigenvalue weighted by molar-refractivity contribution is 5.84. The third kappa shape index (κ3) is 3.36. The fourth-order valence-corrected chi connectivity index (χ4v) is 4.11. The van der Waals surface area contributed by atoms with E-state index >= 15 is 0 Å². The largest absolute Gasteiger partial charge is 0.471 e. The van der Waals surface area contributed by atoms with Crippen LogP contribution in [0.15, 0.2) is 53.3 Å². The highest BCUT2D eigenvalue weighted by Crippen LogP contribution is 2.26. The number of nitrogens with one attached hydrogen (secondary N) is 1. The molecule has 5 rings (SSSR count). The Morgan fingerprint density at radius 2 is 1.91 bits per heavy atom. The zero-order chi connectivity index (χ0) is 22.2. The lowest BCUT2D eigenvalue weighted by molar-refractivity contribution is 0.139. The third-order valence-electron chi connectivity index (χ3n) is 5.99. The molecule has 0 radical (unpaired) electrons. The maximum atomic E-state index is 13.5. The van der Waals surface area contributed by atoms with Crippen LogP contribution in [0, 0.1) is 5.41 Å². The zero-order valence-electron chi connectivity index (χ0n) is 18.1. The van der Waals surface area contributed by atoms with Crippen molar-refractivity contribution in [1.29, 1.82) is 5.41 Å². The second-order valence-electron chi connectivity index (χ2n) is 8.06. The Hall–Kier alpha value is -3.52. The van der Waals surface area contributed by atoms with Gasteiger partial charge in [0.2, 0.25) is 17.4 Å². The van der Waals surface area contributed by atoms with Crippen LogP contribution in [0.1, 0.15) is 32.7 Å². The number of ether oxygens (including phenoxy) is 2. The lowest BCUT2D eigenvalue weighted by Gasteiger charge is -2.20. The molecular formula is C24H25N5O3. The van der Waals surface area contributed by atoms with Crippen molar-refractivity contribution in [1.82, 2.24) is 19.1 Å². The van der Waals surface area contributed by atoms with Crippen molar-refractivity contribution in [2.24, 2.45) is 0 Å². The fraction of sp³-hybridized carbons (Fsp3) is 0.333. The molecule has 8 nitrogen and oxygen atoms in total. The first-order valence-electron chi connectivity index (χ1n) is 10.9. The molecule has 3 heterocycles. The molecule has 1 saturated heterocycles. The van der Waals surface area contributed by atoms with Gasteiger partial charge in [-0.15, -0.1) is 0 Å². The summed E-state index contributed by atoms with van der Waals surface area (Å²) < 4.78 is 14.7. The van der Waals surface area contributed by atoms with Gasteiger partial charge in [-0.2, -0.15) is 4.98 Å². The molecule has 32 heavy (non-hydrogen) atoms. The quantitative estimate of drug-likeness (QED) is 0.523. The summed E-state index contributed by atoms with van der Waals surface area (Å²) in [5.41, 5.74) is 1.10. The van der Waals surface area contributed by atoms with E-state index in [1.807, 2.05) is 54.0 Å². The fourth-order valence-electron chi connectivity index (χ4n) is 4.11. The van der Waals surface area contributed by atoms with Gasteiger partial charge in [0.05, 0.1) is 35.0 Å². The molecule has 0 saturated carbocycles. The van der Waals surface area contributed by atoms with Gasteiger partial charge >= 0.3 is 0 Å². The van der Waals surface area contributed by atoms with Gasteiger partial charge in [-0.05, 0) is 37.6 Å². The van der Waals surface area contributed by atoms with Gasteiger partial charge in [-0.25, -0.2) is 9.55 Å². The van der Waals surface area contributed by atoms with Crippen molar-refractivity contribution in [2.75, 3.05) is 13.2 Å². The summed E-state index contributed by atoms with van der Waals surface area (Å²) in [7, 11) is 0. The SMILES string of the molecule is CCC(C)n1c(=N)n(-c2nc(OC3CCOC3)c3ccccc3n2)c(=O)c2ccccc21. The molecule has 164 valence electrons. The van der Waals surface area contributed by atoms with Crippen LogP contribution in [0.3, 0.4) is 0 Å². The van der Waals surface area contributed by atoms with E-state index in [1.165, 1.54) is 4.57 Å². The van der Waals surface area contributed by atoms with Crippen LogP contribution in [-0.2, 0) is 4.74 Å². The zero-order valence-corrected chi connectivity index (χ0v) is 18.1. The second kappa shape index (κ2) is 8.20. The van der Waals surface area contributed by atoms with Crippen molar-refractivity contribution in [3.8, 4) is 11.8 Å². The van der Waals surface area contributed by atoms with Crippen LogP contribution >= 0.6 is 0 Å². The number of aromatic nitrogens is 4. The molecule has 1 aliphatic rings. The highest BCUT2D eigenvalue weighted by atomic mass is 16.5. The molecule has 1 fully saturated rings. The number of rotatable bonds is 5. The van der Waals surface area contributed by atoms with E-state index < -0.39 is 0 Å². The topological polar surface area (TPSA) is 95.0 Å². The minimum atomic E-state index is -0.324. The number of hydrogen-bond acceptors (Lipinski definition) is 6. The summed E-state index contributed by atoms with van der Waals surface area (Å²) in [6, 6.07) is 14.9. The highest BCUT2D eigenvalue weighted by Gasteiger charge is 2.22. The molecule has 0 bridgehead atoms. The first-order valence-corrected chi connectivity index (χ1v) is 10.9. The van der Waals surface area contributed by atoms with Gasteiger partial charge in [0.25, 0.3) is 5.56 Å². The van der Waals surface area contributed by atoms with Gasteiger partial charge < -0.3 is 14.0 Å². The van der Waals surface area contributed by atoms with E-state index in [0.717, 1.165) is 23.7 Å². The molecule has 1 N–H and O–H groups in total. The average Bonchev–Trinajstić information content (AvgIpc) is 3.32. The van der Waals surface area contributed by atoms with Crippen molar-refractivity contribution >= 4 is 21.8 Å². The van der Waals surface area contributed by atoms with Gasteiger partial charge in [0.1, 0.15) is 6.10 Å². The Bertz CT molecular complexity index is 1420. The molecule has 4 aromatic rings. The van der Waals surface area contributed by atoms with E-state index in [9.17, 15) is 4.79 Å². The smallest absolute Gasteiger partial charge is 0.269 e. The summed E-state index contributed by atoms with van der Waals surface area (Å²) in [6.45, 7) is 5.25. The summed E-state index contributed by atoms with van der Waals surface area (Å²) >= 11 is 0. The Kier molecular flexibility index (Phi) is 5.22. The predicted octanol–water partition coefficient (Wildman–Crippen LogP) is 3.35. The minimum Gasteiger partial charge on any atom is -0.471 e. The van der Waals surface area contributed by atoms with Crippen LogP contribution in [-0.4, -0.2) is 38.4 Å². The van der Waals surface area contributed by atoms with Gasteiger partial charge in [0, 0.05) is 12.5 Å². The van der Waals surface area contributed by atoms with E-state index in [-0.39, 0.29) is 29.3 Å². The van der Waals surface area contributed by atoms with Gasteiger partial charge in [0.15, 0.2) is 0 Å². The van der Waals surface area contributed by atoms with Crippen LogP contribution in [0.4, 0.5) is 0 Å². The number of nitrogens with zero attached hydrogens (tertiary/aromatic N) is 4. The standard InChI is InChI=1S/C24H25N5O3/c1-3-15(2)28-20-11-7-5-9-18(20)22(30)29(23(28)25)24-26-19-10-6-4-8-17(19)21(27-24)32-16-12-13-31-14-16/h4-11,15-16,25H,3,12-14H2,1-2H3. The van der Waals surface area contributed by atoms with Crippen LogP contribution in [0.5, 0.6) is 5.88 Å². The Morgan fingerprint density at radius 3 is 2.66 bits per heavy atom. The van der Waals surface area contributed by atoms with Crippen molar-refractivity contribution in [3.63, 3.8) is 0 Å². The van der Waals surface area contributed by atoms with E-state index in [4.69, 9.17) is 14.9 Å². The van der Waals surface area contributed by atoms with Crippen LogP contribution < -0.4 is 15.9 Å². The maximum Gasteiger partial charge on any atom is 0.269 e. The molecular weight excluding hydrogens is 406 g/mol. The second-order valence-corrected chi connectivity index (χ2v) is 8.06. The number of benzene rings is 2. The van der Waals surface area contributed by atoms with Gasteiger partial charge in [-0.1, -0.05) is 31.2 Å². The molecule has 2 atom stereocenters. The van der Waals surface area contributed by atoms with E-state index in [1.54, 1.807) is 6.07 Å². The van der Waals surface area contributed by atoms with Crippen molar-refractivity contribution < 1.29 is 9.47 Å². The van der Waals surface area contributed by atoms with Crippen molar-refractivity contribution in [2.45, 2.75) is 38.8 Å². The molecule has 2 aromatic carbocycles. The van der Waals surface area contributed by atoms with Gasteiger partial charge in [-0.3, -0.25) is 10.2 Å². The number of hydrogen-bond donors (Lipinski definition) is 1. The lowest BCUT2D eigenvalue weighted by atomic mass is 10.2. The van der Waals surface area contributed by atoms with E-state index in [2.05, 4.69) is 16.9 Å². The molecule has 8 heteroatoms. The summed E-state index contributed by atoms with van der Waals surface area (Å²) in [4.78, 5) is 22.8. The first kappa shape index (κ1) is 20.4. The number of para-hydroxylation sites is 2. The molecule has 2 aromatic heterocycles. The first-order chi connectivity index (χ1) is 15.6. The summed E-state index contributed by atoms with van der Waals surface area (Å²) in [5, 5.41) is 10.2. The van der Waals surface area contributed by atoms with Crippen LogP contribution in [0.25, 0.3) is 27.8 Å². The Labute approximate surface area is 184 Å². The Balaban J connectivity index is 1.79. The summed E-state index contributed by atoms with van der Waals surface area (Å²) in [6.07, 6.45) is 1.49. The monoisotopic (exact) mass is 431 g/mol. The third-order valence-corrected chi connectivity index (χ3v) is 5.99. The molecule has 0 aliphatic carbocycles. The minimum absolute atomic E-state index is 0.0195. The predicted molar refractivity (Wildman–Crippen MR) is 121 cm³/mol. The van der Waals surface area contributed by atoms with Crippen molar-refractivity contribution in [3.05, 3.63) is 64.5 Å². The lowest BCUT2D eigenvalue weighted by Crippen LogP contribution is -2.41. The molecule has 0 amide bonds. The summed E-state index contributed by atoms with van der Waals surface area (Å²) in [5.74, 6) is 0.533. The van der Waals surface area contributed by atoms with E-state index in [0.29, 0.717) is 30.0 Å². The molecule has 2 unspecified atom stereocenters.